The van der Waals surface area contributed by atoms with Crippen LogP contribution in [-0.4, -0.2) is 38.8 Å². The van der Waals surface area contributed by atoms with Crippen molar-refractivity contribution < 1.29 is 4.74 Å². The second-order valence-corrected chi connectivity index (χ2v) is 3.97. The summed E-state index contributed by atoms with van der Waals surface area (Å²) in [6, 6.07) is 0.286. The maximum Gasteiger partial charge on any atom is 0.191 e. The predicted octanol–water partition coefficient (Wildman–Crippen LogP) is 2.38. The lowest BCUT2D eigenvalue weighted by Gasteiger charge is -2.16. The fraction of sp³-hybridized carbons (Fsp3) is 0.917. The van der Waals surface area contributed by atoms with Crippen molar-refractivity contribution in [3.8, 4) is 0 Å². The molecule has 0 aliphatic rings. The molecule has 0 bridgehead atoms. The number of ether oxygens (including phenoxy) is 1. The van der Waals surface area contributed by atoms with E-state index in [4.69, 9.17) is 4.74 Å². The van der Waals surface area contributed by atoms with Crippen molar-refractivity contribution in [3.05, 3.63) is 0 Å². The second kappa shape index (κ2) is 14.0. The van der Waals surface area contributed by atoms with E-state index in [1.807, 2.05) is 0 Å². The molecular formula is C12H28IN3O. The highest BCUT2D eigenvalue weighted by Gasteiger charge is 2.03. The lowest BCUT2D eigenvalue weighted by atomic mass is 10.2. The van der Waals surface area contributed by atoms with Crippen LogP contribution in [-0.2, 0) is 4.74 Å². The standard InChI is InChI=1S/C12H27N3O.HI/c1-5-7-8-9-14-12(13-6-2)15-11(3)10-16-4;/h11H,5-10H2,1-4H3,(H2,13,14,15);1H. The van der Waals surface area contributed by atoms with Gasteiger partial charge in [-0.05, 0) is 20.3 Å². The number of halogens is 1. The molecular weight excluding hydrogens is 329 g/mol. The molecule has 0 saturated heterocycles. The maximum absolute atomic E-state index is 5.08. The van der Waals surface area contributed by atoms with Gasteiger partial charge < -0.3 is 15.4 Å². The zero-order chi connectivity index (χ0) is 12.2. The van der Waals surface area contributed by atoms with Crippen molar-refractivity contribution >= 4 is 29.9 Å². The van der Waals surface area contributed by atoms with Crippen LogP contribution in [0.3, 0.4) is 0 Å². The number of hydrogen-bond donors (Lipinski definition) is 2. The van der Waals surface area contributed by atoms with E-state index >= 15 is 0 Å². The van der Waals surface area contributed by atoms with Crippen LogP contribution in [0.25, 0.3) is 0 Å². The summed E-state index contributed by atoms with van der Waals surface area (Å²) in [7, 11) is 1.71. The van der Waals surface area contributed by atoms with E-state index in [0.717, 1.165) is 25.5 Å². The topological polar surface area (TPSA) is 45.7 Å². The van der Waals surface area contributed by atoms with Crippen molar-refractivity contribution in [1.82, 2.24) is 10.6 Å². The summed E-state index contributed by atoms with van der Waals surface area (Å²) in [5.74, 6) is 0.892. The first-order valence-corrected chi connectivity index (χ1v) is 6.28. The van der Waals surface area contributed by atoms with Gasteiger partial charge in [-0.25, -0.2) is 0 Å². The molecule has 0 heterocycles. The van der Waals surface area contributed by atoms with Crippen LogP contribution in [0.1, 0.15) is 40.0 Å². The Labute approximate surface area is 123 Å². The van der Waals surface area contributed by atoms with Gasteiger partial charge in [0.15, 0.2) is 5.96 Å². The Kier molecular flexibility index (Phi) is 15.9. The zero-order valence-electron chi connectivity index (χ0n) is 11.6. The summed E-state index contributed by atoms with van der Waals surface area (Å²) < 4.78 is 5.08. The van der Waals surface area contributed by atoms with Gasteiger partial charge in [0.1, 0.15) is 0 Å². The Morgan fingerprint density at radius 2 is 2.00 bits per heavy atom. The minimum Gasteiger partial charge on any atom is -0.383 e. The maximum atomic E-state index is 5.08. The van der Waals surface area contributed by atoms with Gasteiger partial charge in [0.2, 0.25) is 0 Å². The number of methoxy groups -OCH3 is 1. The third kappa shape index (κ3) is 12.2. The molecule has 0 aromatic carbocycles. The van der Waals surface area contributed by atoms with Crippen molar-refractivity contribution in [3.63, 3.8) is 0 Å². The molecule has 0 aromatic heterocycles. The van der Waals surface area contributed by atoms with Gasteiger partial charge in [-0.2, -0.15) is 0 Å². The van der Waals surface area contributed by atoms with Crippen molar-refractivity contribution in [2.45, 2.75) is 46.1 Å². The van der Waals surface area contributed by atoms with E-state index in [1.165, 1.54) is 12.8 Å². The summed E-state index contributed by atoms with van der Waals surface area (Å²) in [6.07, 6.45) is 3.64. The Morgan fingerprint density at radius 3 is 2.53 bits per heavy atom. The molecule has 17 heavy (non-hydrogen) atoms. The van der Waals surface area contributed by atoms with E-state index < -0.39 is 0 Å². The first-order chi connectivity index (χ1) is 7.74. The minimum absolute atomic E-state index is 0. The van der Waals surface area contributed by atoms with Crippen molar-refractivity contribution in [2.24, 2.45) is 4.99 Å². The fourth-order valence-electron chi connectivity index (χ4n) is 1.40. The highest BCUT2D eigenvalue weighted by molar-refractivity contribution is 14.0. The van der Waals surface area contributed by atoms with Crippen LogP contribution in [0.4, 0.5) is 0 Å². The van der Waals surface area contributed by atoms with Crippen molar-refractivity contribution in [2.75, 3.05) is 26.8 Å². The third-order valence-corrected chi connectivity index (χ3v) is 2.18. The summed E-state index contributed by atoms with van der Waals surface area (Å²) in [4.78, 5) is 4.51. The van der Waals surface area contributed by atoms with Crippen LogP contribution < -0.4 is 10.6 Å². The van der Waals surface area contributed by atoms with Crippen LogP contribution in [0.5, 0.6) is 0 Å². The number of guanidine groups is 1. The largest absolute Gasteiger partial charge is 0.383 e. The van der Waals surface area contributed by atoms with Crippen molar-refractivity contribution in [1.29, 1.82) is 0 Å². The number of nitrogens with zero attached hydrogens (tertiary/aromatic N) is 1. The number of hydrogen-bond acceptors (Lipinski definition) is 2. The number of unbranched alkanes of at least 4 members (excludes halogenated alkanes) is 2. The molecule has 1 unspecified atom stereocenters. The quantitative estimate of drug-likeness (QED) is 0.304. The molecule has 0 rings (SSSR count). The average Bonchev–Trinajstić information content (AvgIpc) is 2.25. The molecule has 0 radical (unpaired) electrons. The predicted molar refractivity (Wildman–Crippen MR) is 85.4 cm³/mol. The second-order valence-electron chi connectivity index (χ2n) is 3.97. The van der Waals surface area contributed by atoms with Gasteiger partial charge in [-0.15, -0.1) is 24.0 Å². The number of rotatable bonds is 8. The molecule has 104 valence electrons. The van der Waals surface area contributed by atoms with Gasteiger partial charge in [0.05, 0.1) is 6.61 Å². The highest BCUT2D eigenvalue weighted by Crippen LogP contribution is 1.93. The van der Waals surface area contributed by atoms with Gasteiger partial charge in [0.25, 0.3) is 0 Å². The molecule has 0 aliphatic carbocycles. The molecule has 0 saturated carbocycles. The Balaban J connectivity index is 0. The Hall–Kier alpha value is -0.0400. The number of nitrogens with one attached hydrogen (secondary N) is 2. The molecule has 2 N–H and O–H groups in total. The first-order valence-electron chi connectivity index (χ1n) is 6.28. The zero-order valence-corrected chi connectivity index (χ0v) is 13.9. The van der Waals surface area contributed by atoms with Gasteiger partial charge in [-0.1, -0.05) is 19.8 Å². The van der Waals surface area contributed by atoms with Gasteiger partial charge in [0, 0.05) is 26.2 Å². The lowest BCUT2D eigenvalue weighted by Crippen LogP contribution is -2.44. The van der Waals surface area contributed by atoms with Crippen LogP contribution >= 0.6 is 24.0 Å². The van der Waals surface area contributed by atoms with Crippen LogP contribution in [0, 0.1) is 0 Å². The molecule has 4 nitrogen and oxygen atoms in total. The number of aliphatic imine (C=N–C) groups is 1. The van der Waals surface area contributed by atoms with Gasteiger partial charge >= 0.3 is 0 Å². The Bertz CT molecular complexity index is 189. The molecule has 0 aromatic rings. The van der Waals surface area contributed by atoms with Crippen LogP contribution in [0.2, 0.25) is 0 Å². The van der Waals surface area contributed by atoms with E-state index in [1.54, 1.807) is 7.11 Å². The SMILES string of the molecule is CCCCCN=C(NCC)NC(C)COC.I. The molecule has 1 atom stereocenters. The van der Waals surface area contributed by atoms with E-state index in [-0.39, 0.29) is 30.0 Å². The highest BCUT2D eigenvalue weighted by atomic mass is 127. The molecule has 0 spiro atoms. The monoisotopic (exact) mass is 357 g/mol. The van der Waals surface area contributed by atoms with E-state index in [2.05, 4.69) is 36.4 Å². The summed E-state index contributed by atoms with van der Waals surface area (Å²) in [5, 5.41) is 6.54. The summed E-state index contributed by atoms with van der Waals surface area (Å²) in [6.45, 7) is 8.84. The normalized spacial score (nSPS) is 12.8. The molecule has 0 amide bonds. The first kappa shape index (κ1) is 19.3. The molecule has 0 fully saturated rings. The average molecular weight is 357 g/mol. The summed E-state index contributed by atoms with van der Waals surface area (Å²) >= 11 is 0. The van der Waals surface area contributed by atoms with E-state index in [9.17, 15) is 0 Å². The smallest absolute Gasteiger partial charge is 0.191 e. The molecule has 5 heteroatoms. The summed E-state index contributed by atoms with van der Waals surface area (Å²) in [5.41, 5.74) is 0. The van der Waals surface area contributed by atoms with Crippen LogP contribution in [0.15, 0.2) is 4.99 Å². The minimum atomic E-state index is 0. The van der Waals surface area contributed by atoms with E-state index in [0.29, 0.717) is 6.61 Å². The third-order valence-electron chi connectivity index (χ3n) is 2.18. The van der Waals surface area contributed by atoms with Gasteiger partial charge in [-0.3, -0.25) is 4.99 Å². The Morgan fingerprint density at radius 1 is 1.29 bits per heavy atom. The fourth-order valence-corrected chi connectivity index (χ4v) is 1.40. The lowest BCUT2D eigenvalue weighted by molar-refractivity contribution is 0.179. The molecule has 0 aliphatic heterocycles.